The molecule has 0 bridgehead atoms. The van der Waals surface area contributed by atoms with Gasteiger partial charge < -0.3 is 20.4 Å². The maximum absolute atomic E-state index is 10.4. The Balaban J connectivity index is 2.12. The summed E-state index contributed by atoms with van der Waals surface area (Å²) < 4.78 is 0. The highest BCUT2D eigenvalue weighted by molar-refractivity contribution is 5.47. The minimum atomic E-state index is -0.504. The summed E-state index contributed by atoms with van der Waals surface area (Å²) in [5.74, 6) is 0.320. The summed E-state index contributed by atoms with van der Waals surface area (Å²) >= 11 is 0. The number of fused-ring (bicyclic) bond motifs is 3. The zero-order valence-electron chi connectivity index (χ0n) is 13.3. The zero-order valence-corrected chi connectivity index (χ0v) is 13.3. The molecule has 0 unspecified atom stereocenters. The summed E-state index contributed by atoms with van der Waals surface area (Å²) in [6.45, 7) is 3.98. The van der Waals surface area contributed by atoms with Crippen molar-refractivity contribution in [3.63, 3.8) is 0 Å². The molecule has 4 nitrogen and oxygen atoms in total. The lowest BCUT2D eigenvalue weighted by Crippen LogP contribution is -2.56. The fourth-order valence-corrected chi connectivity index (χ4v) is 4.94. The lowest BCUT2D eigenvalue weighted by atomic mass is 9.49. The van der Waals surface area contributed by atoms with Crippen LogP contribution in [-0.4, -0.2) is 33.1 Å². The second-order valence-electron chi connectivity index (χ2n) is 7.52. The first kappa shape index (κ1) is 15.8. The molecule has 0 aromatic heterocycles. The van der Waals surface area contributed by atoms with E-state index in [1.165, 1.54) is 5.56 Å². The number of benzene rings is 1. The molecule has 4 heteroatoms. The summed E-state index contributed by atoms with van der Waals surface area (Å²) in [5, 5.41) is 39.8. The average Bonchev–Trinajstić information content (AvgIpc) is 2.51. The number of aliphatic hydroxyl groups excluding tert-OH is 3. The molecule has 1 saturated carbocycles. The Labute approximate surface area is 131 Å². The first-order valence-electron chi connectivity index (χ1n) is 8.12. The Morgan fingerprint density at radius 2 is 1.91 bits per heavy atom. The first-order chi connectivity index (χ1) is 10.4. The number of aliphatic hydroxyl groups is 3. The van der Waals surface area contributed by atoms with Crippen LogP contribution in [0.15, 0.2) is 12.1 Å². The Hall–Kier alpha value is -1.10. The molecule has 0 saturated heterocycles. The molecule has 1 aromatic rings. The number of phenols is 1. The average molecular weight is 306 g/mol. The molecular formula is C18H26O4. The fraction of sp³-hybridized carbons (Fsp3) is 0.667. The minimum absolute atomic E-state index is 0.0234. The van der Waals surface area contributed by atoms with Crippen molar-refractivity contribution in [2.24, 2.45) is 11.3 Å². The van der Waals surface area contributed by atoms with Crippen molar-refractivity contribution >= 4 is 0 Å². The molecule has 1 aromatic carbocycles. The maximum Gasteiger partial charge on any atom is 0.121 e. The van der Waals surface area contributed by atoms with E-state index in [1.54, 1.807) is 6.07 Å². The Morgan fingerprint density at radius 1 is 1.18 bits per heavy atom. The van der Waals surface area contributed by atoms with Gasteiger partial charge in [-0.2, -0.15) is 0 Å². The molecule has 1 fully saturated rings. The molecule has 2 aliphatic rings. The standard InChI is InChI=1S/C18H26O4/c1-17-6-5-16(22)18(2,10-20)15(17)4-3-11-7-12(9-19)14(21)8-13(11)17/h7-8,15-16,19-22H,3-6,9-10H2,1-2H3/t15-,16-,17+,18+/m1/s1. The van der Waals surface area contributed by atoms with Crippen molar-refractivity contribution in [2.75, 3.05) is 6.61 Å². The van der Waals surface area contributed by atoms with E-state index in [4.69, 9.17) is 0 Å². The quantitative estimate of drug-likeness (QED) is 0.672. The van der Waals surface area contributed by atoms with Gasteiger partial charge in [0.2, 0.25) is 0 Å². The molecule has 0 heterocycles. The summed E-state index contributed by atoms with van der Waals surface area (Å²) in [5.41, 5.74) is 2.20. The molecule has 0 spiro atoms. The molecule has 4 N–H and O–H groups in total. The third-order valence-electron chi connectivity index (χ3n) is 6.40. The van der Waals surface area contributed by atoms with Gasteiger partial charge in [0, 0.05) is 11.0 Å². The second-order valence-corrected chi connectivity index (χ2v) is 7.52. The van der Waals surface area contributed by atoms with Gasteiger partial charge in [-0.05, 0) is 60.3 Å². The number of hydrogen-bond acceptors (Lipinski definition) is 4. The Kier molecular flexibility index (Phi) is 3.75. The van der Waals surface area contributed by atoms with Crippen LogP contribution in [-0.2, 0) is 18.4 Å². The minimum Gasteiger partial charge on any atom is -0.508 e. The highest BCUT2D eigenvalue weighted by Crippen LogP contribution is 2.57. The largest absolute Gasteiger partial charge is 0.508 e. The van der Waals surface area contributed by atoms with Crippen molar-refractivity contribution in [2.45, 2.75) is 57.7 Å². The van der Waals surface area contributed by atoms with Gasteiger partial charge in [0.15, 0.2) is 0 Å². The van der Waals surface area contributed by atoms with Gasteiger partial charge in [0.05, 0.1) is 19.3 Å². The highest BCUT2D eigenvalue weighted by Gasteiger charge is 2.55. The van der Waals surface area contributed by atoms with Gasteiger partial charge in [-0.1, -0.05) is 13.8 Å². The summed E-state index contributed by atoms with van der Waals surface area (Å²) in [4.78, 5) is 0. The van der Waals surface area contributed by atoms with E-state index in [9.17, 15) is 20.4 Å². The van der Waals surface area contributed by atoms with Gasteiger partial charge in [-0.15, -0.1) is 0 Å². The fourth-order valence-electron chi connectivity index (χ4n) is 4.94. The predicted octanol–water partition coefficient (Wildman–Crippen LogP) is 1.86. The van der Waals surface area contributed by atoms with Gasteiger partial charge in [-0.3, -0.25) is 0 Å². The van der Waals surface area contributed by atoms with Gasteiger partial charge in [0.1, 0.15) is 5.75 Å². The summed E-state index contributed by atoms with van der Waals surface area (Å²) in [7, 11) is 0. The van der Waals surface area contributed by atoms with Gasteiger partial charge in [0.25, 0.3) is 0 Å². The van der Waals surface area contributed by atoms with Crippen LogP contribution in [0.4, 0.5) is 0 Å². The maximum atomic E-state index is 10.4. The number of aryl methyl sites for hydroxylation is 1. The van der Waals surface area contributed by atoms with Crippen LogP contribution in [0.2, 0.25) is 0 Å². The molecule has 122 valence electrons. The van der Waals surface area contributed by atoms with Crippen molar-refractivity contribution in [3.8, 4) is 5.75 Å². The van der Waals surface area contributed by atoms with Crippen LogP contribution in [0.1, 0.15) is 49.8 Å². The SMILES string of the molecule is C[C@@]1(CO)[C@H](O)CC[C@@]2(C)c3cc(O)c(CO)cc3CC[C@@H]12. The van der Waals surface area contributed by atoms with Crippen molar-refractivity contribution in [3.05, 3.63) is 28.8 Å². The normalized spacial score (nSPS) is 37.5. The predicted molar refractivity (Wildman–Crippen MR) is 83.6 cm³/mol. The van der Waals surface area contributed by atoms with E-state index in [-0.39, 0.29) is 30.3 Å². The van der Waals surface area contributed by atoms with Gasteiger partial charge in [-0.25, -0.2) is 0 Å². The van der Waals surface area contributed by atoms with E-state index < -0.39 is 11.5 Å². The molecule has 4 atom stereocenters. The van der Waals surface area contributed by atoms with Gasteiger partial charge >= 0.3 is 0 Å². The van der Waals surface area contributed by atoms with Crippen LogP contribution < -0.4 is 0 Å². The second kappa shape index (κ2) is 5.22. The van der Waals surface area contributed by atoms with Crippen LogP contribution in [0, 0.1) is 11.3 Å². The third kappa shape index (κ3) is 2.01. The van der Waals surface area contributed by atoms with E-state index >= 15 is 0 Å². The van der Waals surface area contributed by atoms with Crippen molar-refractivity contribution in [1.29, 1.82) is 0 Å². The summed E-state index contributed by atoms with van der Waals surface area (Å²) in [6.07, 6.45) is 2.78. The summed E-state index contributed by atoms with van der Waals surface area (Å²) in [6, 6.07) is 3.70. The third-order valence-corrected chi connectivity index (χ3v) is 6.40. The molecule has 0 aliphatic heterocycles. The molecule has 22 heavy (non-hydrogen) atoms. The lowest BCUT2D eigenvalue weighted by molar-refractivity contribution is -0.110. The molecule has 0 radical (unpaired) electrons. The number of aromatic hydroxyl groups is 1. The van der Waals surface area contributed by atoms with Crippen LogP contribution >= 0.6 is 0 Å². The lowest BCUT2D eigenvalue weighted by Gasteiger charge is -2.56. The molecule has 0 amide bonds. The molecule has 3 rings (SSSR count). The van der Waals surface area contributed by atoms with Crippen LogP contribution in [0.25, 0.3) is 0 Å². The monoisotopic (exact) mass is 306 g/mol. The zero-order chi connectivity index (χ0) is 16.1. The smallest absolute Gasteiger partial charge is 0.121 e. The Bertz CT molecular complexity index is 585. The molecule has 2 aliphatic carbocycles. The first-order valence-corrected chi connectivity index (χ1v) is 8.12. The van der Waals surface area contributed by atoms with E-state index in [2.05, 4.69) is 6.92 Å². The van der Waals surface area contributed by atoms with Crippen LogP contribution in [0.3, 0.4) is 0 Å². The van der Waals surface area contributed by atoms with E-state index in [0.717, 1.165) is 24.8 Å². The number of rotatable bonds is 2. The van der Waals surface area contributed by atoms with Crippen molar-refractivity contribution < 1.29 is 20.4 Å². The topological polar surface area (TPSA) is 80.9 Å². The highest BCUT2D eigenvalue weighted by atomic mass is 16.3. The van der Waals surface area contributed by atoms with Crippen LogP contribution in [0.5, 0.6) is 5.75 Å². The molecular weight excluding hydrogens is 280 g/mol. The van der Waals surface area contributed by atoms with Crippen molar-refractivity contribution in [1.82, 2.24) is 0 Å². The Morgan fingerprint density at radius 3 is 2.55 bits per heavy atom. The van der Waals surface area contributed by atoms with E-state index in [1.807, 2.05) is 13.0 Å². The number of hydrogen-bond donors (Lipinski definition) is 4. The van der Waals surface area contributed by atoms with E-state index in [0.29, 0.717) is 12.0 Å².